The van der Waals surface area contributed by atoms with E-state index in [1.165, 1.54) is 56.8 Å². The number of hydrogen-bond acceptors (Lipinski definition) is 16. The van der Waals surface area contributed by atoms with E-state index < -0.39 is 6.10 Å². The molecule has 3 aromatic carbocycles. The molecule has 0 aliphatic heterocycles. The minimum Gasteiger partial charge on any atom is -1.00 e. The van der Waals surface area contributed by atoms with Crippen molar-refractivity contribution in [3.8, 4) is 34.5 Å². The van der Waals surface area contributed by atoms with Crippen LogP contribution in [-0.4, -0.2) is 104 Å². The van der Waals surface area contributed by atoms with Crippen molar-refractivity contribution in [1.29, 1.82) is 0 Å². The maximum absolute atomic E-state index is 12.2. The van der Waals surface area contributed by atoms with Crippen molar-refractivity contribution in [3.63, 3.8) is 0 Å². The summed E-state index contributed by atoms with van der Waals surface area (Å²) in [6.07, 6.45) is 0.0805. The number of ketones is 4. The van der Waals surface area contributed by atoms with E-state index in [0.29, 0.717) is 66.3 Å². The fourth-order valence-corrected chi connectivity index (χ4v) is 7.42. The number of furan rings is 3. The fourth-order valence-electron chi connectivity index (χ4n) is 5.97. The van der Waals surface area contributed by atoms with Gasteiger partial charge >= 0.3 is 29.6 Å². The molecule has 1 atom stereocenters. The predicted molar refractivity (Wildman–Crippen MR) is 282 cm³/mol. The summed E-state index contributed by atoms with van der Waals surface area (Å²) in [7, 11) is 12.0. The number of aliphatic hydroxyl groups is 1. The maximum atomic E-state index is 12.2. The number of carbonyl (C=O) groups is 5. The molecule has 0 saturated heterocycles. The van der Waals surface area contributed by atoms with Gasteiger partial charge in [-0.3, -0.25) is 28.8 Å². The van der Waals surface area contributed by atoms with E-state index in [4.69, 9.17) is 46.5 Å². The number of ether oxygens (including phenoxy) is 6. The molecule has 0 spiro atoms. The summed E-state index contributed by atoms with van der Waals surface area (Å²) in [6, 6.07) is 25.1. The molecule has 3 radical (unpaired) electrons. The van der Waals surface area contributed by atoms with Crippen molar-refractivity contribution in [2.24, 2.45) is 0 Å². The van der Waals surface area contributed by atoms with Gasteiger partial charge in [-0.15, -0.1) is 0 Å². The summed E-state index contributed by atoms with van der Waals surface area (Å²) in [5.74, 6) is 3.01. The Balaban J connectivity index is 0.000000992. The first-order valence-electron chi connectivity index (χ1n) is 21.1. The Morgan fingerprint density at radius 2 is 0.849 bits per heavy atom. The molecule has 0 fully saturated rings. The van der Waals surface area contributed by atoms with Gasteiger partial charge < -0.3 is 48.2 Å². The van der Waals surface area contributed by atoms with Gasteiger partial charge in [-0.25, -0.2) is 5.06 Å². The van der Waals surface area contributed by atoms with Gasteiger partial charge in [0, 0.05) is 64.3 Å². The summed E-state index contributed by atoms with van der Waals surface area (Å²) in [5.41, 5.74) is 1.48. The first kappa shape index (κ1) is 66.4. The van der Waals surface area contributed by atoms with Gasteiger partial charge in [0.25, 0.3) is 0 Å². The number of Topliss-reactive ketones (excluding diaryl/α,β-unsaturated/α-hetero) is 4. The Labute approximate surface area is 482 Å². The van der Waals surface area contributed by atoms with Crippen LogP contribution in [0, 0.1) is 0 Å². The monoisotopic (exact) mass is 1270 g/mol. The number of nitrogens with zero attached hydrogens (tertiary/aromatic N) is 1. The molecular weight excluding hydrogens is 1220 g/mol. The van der Waals surface area contributed by atoms with Crippen molar-refractivity contribution in [3.05, 3.63) is 138 Å². The van der Waals surface area contributed by atoms with Crippen LogP contribution in [-0.2, 0) is 9.63 Å². The smallest absolute Gasteiger partial charge is 1.00 e. The van der Waals surface area contributed by atoms with E-state index in [2.05, 4.69) is 63.7 Å². The summed E-state index contributed by atoms with van der Waals surface area (Å²) >= 11 is 12.6. The molecule has 3 heterocycles. The number of hydrogen-bond donors (Lipinski definition) is 1. The van der Waals surface area contributed by atoms with Gasteiger partial charge in [-0.2, -0.15) is 0 Å². The molecule has 3 aromatic heterocycles. The van der Waals surface area contributed by atoms with Gasteiger partial charge in [0.05, 0.1) is 49.8 Å². The number of hydroxylamine groups is 2. The number of halogens is 4. The molecule has 1 amide bonds. The minimum absolute atomic E-state index is 0. The largest absolute Gasteiger partial charge is 1.00 e. The van der Waals surface area contributed by atoms with Crippen molar-refractivity contribution in [1.82, 2.24) is 5.06 Å². The Morgan fingerprint density at radius 3 is 1.19 bits per heavy atom. The Hall–Kier alpha value is -4.65. The van der Waals surface area contributed by atoms with Crippen LogP contribution in [0.2, 0.25) is 0 Å². The van der Waals surface area contributed by atoms with Crippen molar-refractivity contribution < 1.29 is 107 Å². The van der Waals surface area contributed by atoms with Crippen molar-refractivity contribution in [2.45, 2.75) is 44.6 Å². The summed E-state index contributed by atoms with van der Waals surface area (Å²) < 4.78 is 48.7. The zero-order chi connectivity index (χ0) is 52.6. The molecule has 0 aliphatic rings. The maximum Gasteiger partial charge on any atom is 1.00 e. The number of aliphatic hydroxyl groups excluding tert-OH is 1. The number of methoxy groups -OCH3 is 6. The molecular formula is C50H54BBr4NNaO16. The average Bonchev–Trinajstić information content (AvgIpc) is 4.15. The first-order valence-corrected chi connectivity index (χ1v) is 24.3. The molecule has 387 valence electrons. The van der Waals surface area contributed by atoms with E-state index >= 15 is 0 Å². The topological polar surface area (TPSA) is 213 Å². The SMILES string of the molecule is Brc1ccc(Br)o1.COc1ccc(C(=O)CCC(=O)N(C)OC)cc1OC.COc1ccc(C(=O)CCC(=O)c2ccc(Br)o2)cc1OC.COc1ccc(C(=O)CCC(O)c2ccc(Br)o2)cc1OC.[B].[H-].[Na+]. The third-order valence-electron chi connectivity index (χ3n) is 9.84. The second-order valence-electron chi connectivity index (χ2n) is 14.3. The second kappa shape index (κ2) is 34.8. The van der Waals surface area contributed by atoms with Crippen molar-refractivity contribution >= 4 is 101 Å². The van der Waals surface area contributed by atoms with E-state index in [1.54, 1.807) is 78.9 Å². The summed E-state index contributed by atoms with van der Waals surface area (Å²) in [5, 5.41) is 11.1. The van der Waals surface area contributed by atoms with Crippen LogP contribution < -0.4 is 58.0 Å². The van der Waals surface area contributed by atoms with E-state index in [-0.39, 0.29) is 113 Å². The molecule has 0 aliphatic carbocycles. The van der Waals surface area contributed by atoms with Crippen LogP contribution in [0.4, 0.5) is 0 Å². The minimum atomic E-state index is -0.810. The summed E-state index contributed by atoms with van der Waals surface area (Å²) in [6.45, 7) is 0. The van der Waals surface area contributed by atoms with Crippen LogP contribution in [0.25, 0.3) is 0 Å². The van der Waals surface area contributed by atoms with Crippen molar-refractivity contribution in [2.75, 3.05) is 56.8 Å². The molecule has 17 nitrogen and oxygen atoms in total. The second-order valence-corrected chi connectivity index (χ2v) is 17.4. The molecule has 1 unspecified atom stereocenters. The number of rotatable bonds is 21. The molecule has 6 aromatic rings. The molecule has 73 heavy (non-hydrogen) atoms. The normalized spacial score (nSPS) is 10.4. The Morgan fingerprint density at radius 1 is 0.493 bits per heavy atom. The van der Waals surface area contributed by atoms with E-state index in [9.17, 15) is 29.1 Å². The zero-order valence-electron chi connectivity index (χ0n) is 42.6. The summed E-state index contributed by atoms with van der Waals surface area (Å²) in [4.78, 5) is 64.6. The zero-order valence-corrected chi connectivity index (χ0v) is 49.9. The van der Waals surface area contributed by atoms with Crippen LogP contribution >= 0.6 is 63.7 Å². The van der Waals surface area contributed by atoms with Gasteiger partial charge in [0.15, 0.2) is 82.1 Å². The predicted octanol–water partition coefficient (Wildman–Crippen LogP) is 8.89. The van der Waals surface area contributed by atoms with Crippen LogP contribution in [0.1, 0.15) is 93.4 Å². The molecule has 23 heteroatoms. The van der Waals surface area contributed by atoms with Gasteiger partial charge in [0.1, 0.15) is 11.9 Å². The number of carbonyl (C=O) groups excluding carboxylic acids is 5. The number of benzene rings is 3. The van der Waals surface area contributed by atoms with Crippen LogP contribution in [0.5, 0.6) is 34.5 Å². The van der Waals surface area contributed by atoms with E-state index in [1.807, 2.05) is 12.1 Å². The van der Waals surface area contributed by atoms with E-state index in [0.717, 1.165) is 14.4 Å². The number of amides is 1. The molecule has 0 bridgehead atoms. The van der Waals surface area contributed by atoms with Gasteiger partial charge in [0.2, 0.25) is 5.91 Å². The molecule has 0 saturated carbocycles. The Kier molecular flexibility index (Phi) is 31.6. The molecule has 1 N–H and O–H groups in total. The standard InChI is InChI=1S/C16H17BrO5.C16H15BrO5.C14H19NO5.C4H2Br2O.B.Na.H/c2*1-20-14-6-3-10(9-15(14)21-2)11(18)4-5-12(19)13-7-8-16(17)22-13;1-15(20-4)14(17)8-6-11(16)10-5-7-12(18-2)13(9-10)19-3;5-3-1-2-4(6)7-3;;;/h3,6-9,12,19H,4-5H2,1-2H3;3,6-9H,4-5H2,1-2H3;5,7,9H,6,8H2,1-4H3;1-2H;;;/q;;;;;+1;-1. The fraction of sp³-hybridized carbons (Fsp3) is 0.300. The van der Waals surface area contributed by atoms with Gasteiger partial charge in [-0.05, 0) is 161 Å². The van der Waals surface area contributed by atoms with Crippen LogP contribution in [0.15, 0.2) is 123 Å². The van der Waals surface area contributed by atoms with Gasteiger partial charge in [-0.1, -0.05) is 0 Å². The third kappa shape index (κ3) is 22.0. The third-order valence-corrected chi connectivity index (χ3v) is 11.5. The quantitative estimate of drug-likeness (QED) is 0.0405. The molecule has 6 rings (SSSR count). The Bertz CT molecular complexity index is 2680. The van der Waals surface area contributed by atoms with Crippen LogP contribution in [0.3, 0.4) is 0 Å². The average molecular weight is 1280 g/mol. The first-order chi connectivity index (χ1) is 33.9.